The number of amides is 2. The zero-order valence-electron chi connectivity index (χ0n) is 45.1. The van der Waals surface area contributed by atoms with E-state index < -0.39 is 11.8 Å². The van der Waals surface area contributed by atoms with Gasteiger partial charge >= 0.3 is 0 Å². The van der Waals surface area contributed by atoms with Crippen LogP contribution in [0.5, 0.6) is 23.0 Å². The van der Waals surface area contributed by atoms with E-state index in [0.717, 1.165) is 97.8 Å². The highest BCUT2D eigenvalue weighted by Crippen LogP contribution is 2.56. The molecule has 6 heteroatoms. The predicted molar refractivity (Wildman–Crippen MR) is 316 cm³/mol. The predicted octanol–water partition coefficient (Wildman–Crippen LogP) is 19.1. The van der Waals surface area contributed by atoms with Gasteiger partial charge in [-0.05, 0) is 147 Å². The molecule has 376 valence electrons. The Kier molecular flexibility index (Phi) is 9.87. The van der Waals surface area contributed by atoms with E-state index >= 15 is 9.59 Å². The highest BCUT2D eigenvalue weighted by Gasteiger charge is 2.41. The lowest BCUT2D eigenvalue weighted by Gasteiger charge is -2.33. The average molecular weight is 1000 g/mol. The van der Waals surface area contributed by atoms with Crippen LogP contribution < -0.4 is 14.4 Å². The van der Waals surface area contributed by atoms with Crippen LogP contribution in [0.3, 0.4) is 0 Å². The Bertz CT molecular complexity index is 4350. The number of ether oxygens (including phenoxy) is 2. The number of imide groups is 1. The third kappa shape index (κ3) is 6.64. The summed E-state index contributed by atoms with van der Waals surface area (Å²) in [5, 5.41) is 13.1. The van der Waals surface area contributed by atoms with E-state index in [4.69, 9.17) is 9.47 Å². The van der Waals surface area contributed by atoms with Crippen LogP contribution in [0.4, 0.5) is 5.69 Å². The van der Waals surface area contributed by atoms with Crippen LogP contribution in [-0.4, -0.2) is 17.6 Å². The molecular formula is C71H57NO5. The molecule has 0 unspecified atom stereocenters. The number of rotatable bonds is 7. The summed E-state index contributed by atoms with van der Waals surface area (Å²) in [6, 6.07) is 51.6. The van der Waals surface area contributed by atoms with Gasteiger partial charge in [0.2, 0.25) is 0 Å². The summed E-state index contributed by atoms with van der Waals surface area (Å²) in [5.41, 5.74) is 8.85. The number of nitrogens with zero attached hydrogens (tertiary/aromatic N) is 1. The van der Waals surface area contributed by atoms with Gasteiger partial charge in [0.1, 0.15) is 23.0 Å². The fourth-order valence-electron chi connectivity index (χ4n) is 13.0. The highest BCUT2D eigenvalue weighted by atomic mass is 16.5. The number of hydrogen-bond acceptors (Lipinski definition) is 5. The van der Waals surface area contributed by atoms with Gasteiger partial charge < -0.3 is 9.47 Å². The Labute approximate surface area is 447 Å². The van der Waals surface area contributed by atoms with Crippen molar-refractivity contribution in [1.82, 2.24) is 0 Å². The number of fused-ring (bicyclic) bond motifs is 6. The minimum absolute atomic E-state index is 0.0173. The molecule has 1 aliphatic carbocycles. The van der Waals surface area contributed by atoms with E-state index in [1.54, 1.807) is 0 Å². The molecule has 6 nitrogen and oxygen atoms in total. The maximum atomic E-state index is 15.9. The molecule has 14 rings (SSSR count). The van der Waals surface area contributed by atoms with Crippen molar-refractivity contribution >= 4 is 98.7 Å². The van der Waals surface area contributed by atoms with Gasteiger partial charge in [-0.2, -0.15) is 0 Å². The maximum Gasteiger partial charge on any atom is 0.266 e. The molecule has 0 fully saturated rings. The second-order valence-corrected chi connectivity index (χ2v) is 24.2. The Balaban J connectivity index is 1.13. The highest BCUT2D eigenvalue weighted by molar-refractivity contribution is 6.48. The van der Waals surface area contributed by atoms with Crippen molar-refractivity contribution in [3.05, 3.63) is 196 Å². The van der Waals surface area contributed by atoms with E-state index in [2.05, 4.69) is 142 Å². The maximum absolute atomic E-state index is 15.9. The lowest BCUT2D eigenvalue weighted by molar-refractivity contribution is 0.0891. The fourth-order valence-corrected chi connectivity index (χ4v) is 13.0. The van der Waals surface area contributed by atoms with Gasteiger partial charge in [0.05, 0.1) is 16.8 Å². The van der Waals surface area contributed by atoms with Crippen LogP contribution in [-0.2, 0) is 10.8 Å². The van der Waals surface area contributed by atoms with Crippen LogP contribution in [0.1, 0.15) is 140 Å². The SMILES string of the molecule is CC(C)c1cccc(C(C)C)c1N1C(=O)c2cc(Oc3ccc(C(C)(C)C)cc3)c3c4ccc5c6ccc7c8c(ccc(c9ccc(c%10c(Oc%11ccc(C(C)(C)C)cc%11)cc(c2c3%10)C1=O)c4c59)c86)-c1ccccc1C7=O. The van der Waals surface area contributed by atoms with Crippen LogP contribution in [0.25, 0.3) is 86.5 Å². The Morgan fingerprint density at radius 1 is 0.364 bits per heavy atom. The summed E-state index contributed by atoms with van der Waals surface area (Å²) < 4.78 is 14.4. The molecule has 0 N–H and O–H groups in total. The normalized spacial score (nSPS) is 13.9. The molecule has 0 saturated heterocycles. The summed E-state index contributed by atoms with van der Waals surface area (Å²) in [6.45, 7) is 21.6. The minimum Gasteiger partial charge on any atom is -0.457 e. The Hall–Kier alpha value is -8.61. The van der Waals surface area contributed by atoms with Crippen molar-refractivity contribution < 1.29 is 23.9 Å². The second kappa shape index (κ2) is 16.2. The summed E-state index contributed by atoms with van der Waals surface area (Å²) in [7, 11) is 0. The first-order valence-corrected chi connectivity index (χ1v) is 27.0. The van der Waals surface area contributed by atoms with E-state index in [0.29, 0.717) is 50.8 Å². The molecule has 12 aromatic rings. The quantitative estimate of drug-likeness (QED) is 0.0903. The summed E-state index contributed by atoms with van der Waals surface area (Å²) in [4.78, 5) is 47.5. The van der Waals surface area contributed by atoms with Gasteiger partial charge in [-0.15, -0.1) is 0 Å². The first kappa shape index (κ1) is 46.9. The molecule has 0 atom stereocenters. The molecule has 0 aromatic heterocycles. The van der Waals surface area contributed by atoms with E-state index in [9.17, 15) is 4.79 Å². The van der Waals surface area contributed by atoms with Crippen LogP contribution in [0.2, 0.25) is 0 Å². The number of carbonyl (C=O) groups excluding carboxylic acids is 3. The Morgan fingerprint density at radius 2 is 0.766 bits per heavy atom. The van der Waals surface area contributed by atoms with Gasteiger partial charge in [0.15, 0.2) is 5.78 Å². The molecule has 0 bridgehead atoms. The summed E-state index contributed by atoms with van der Waals surface area (Å²) >= 11 is 0. The third-order valence-electron chi connectivity index (χ3n) is 16.8. The van der Waals surface area contributed by atoms with E-state index in [1.165, 1.54) is 16.0 Å². The standard InChI is InChI=1S/C71H57NO5/c1-36(2)42-16-13-17-43(37(3)4)66(42)72-68(74)54-34-56(76-40-22-18-38(19-23-40)70(5,6)7)63-51-31-28-47-46-27-26-45-44-14-11-12-15-50(44)67(73)53-33-30-49(58(46)60(45)53)48-29-32-52(61(51)59(47)48)64-57(35-55(69(72)75)62(54)65(63)64)77-41-24-20-39(21-25-41)71(8,9)10/h11-37H,1-10H3. The lowest BCUT2D eigenvalue weighted by Crippen LogP contribution is -2.42. The van der Waals surface area contributed by atoms with Gasteiger partial charge in [0, 0.05) is 38.1 Å². The summed E-state index contributed by atoms with van der Waals surface area (Å²) in [6.07, 6.45) is 0. The number of carbonyl (C=O) groups is 3. The zero-order chi connectivity index (χ0) is 53.3. The average Bonchev–Trinajstić information content (AvgIpc) is 3.59. The van der Waals surface area contributed by atoms with Crippen molar-refractivity contribution in [2.24, 2.45) is 0 Å². The topological polar surface area (TPSA) is 72.9 Å². The van der Waals surface area contributed by atoms with Crippen molar-refractivity contribution in [1.29, 1.82) is 0 Å². The number of anilines is 1. The number of hydrogen-bond donors (Lipinski definition) is 0. The second-order valence-electron chi connectivity index (χ2n) is 24.2. The smallest absolute Gasteiger partial charge is 0.266 e. The van der Waals surface area contributed by atoms with E-state index in [-0.39, 0.29) is 28.4 Å². The zero-order valence-corrected chi connectivity index (χ0v) is 45.1. The summed E-state index contributed by atoms with van der Waals surface area (Å²) in [5.74, 6) is 1.51. The van der Waals surface area contributed by atoms with Crippen molar-refractivity contribution in [3.63, 3.8) is 0 Å². The molecule has 2 aliphatic rings. The largest absolute Gasteiger partial charge is 0.457 e. The fraction of sp³-hybridized carbons (Fsp3) is 0.197. The van der Waals surface area contributed by atoms with Crippen LogP contribution in [0, 0.1) is 0 Å². The molecule has 1 heterocycles. The van der Waals surface area contributed by atoms with Crippen molar-refractivity contribution in [2.45, 2.75) is 91.9 Å². The number of benzene rings is 12. The lowest BCUT2D eigenvalue weighted by atomic mass is 9.78. The molecule has 0 radical (unpaired) electrons. The van der Waals surface area contributed by atoms with Crippen molar-refractivity contribution in [2.75, 3.05) is 4.90 Å². The molecule has 77 heavy (non-hydrogen) atoms. The first-order valence-electron chi connectivity index (χ1n) is 27.0. The number of para-hydroxylation sites is 1. The molecule has 0 saturated carbocycles. The Morgan fingerprint density at radius 3 is 1.23 bits per heavy atom. The van der Waals surface area contributed by atoms with Crippen LogP contribution in [0.15, 0.2) is 152 Å². The monoisotopic (exact) mass is 1000 g/mol. The molecule has 12 aromatic carbocycles. The molecule has 2 amide bonds. The first-order chi connectivity index (χ1) is 36.9. The van der Waals surface area contributed by atoms with Crippen molar-refractivity contribution in [3.8, 4) is 34.1 Å². The minimum atomic E-state index is -0.400. The van der Waals surface area contributed by atoms with Gasteiger partial charge in [-0.3, -0.25) is 14.4 Å². The van der Waals surface area contributed by atoms with Crippen LogP contribution >= 0.6 is 0 Å². The molecule has 0 spiro atoms. The number of ketones is 1. The van der Waals surface area contributed by atoms with Gasteiger partial charge in [-0.1, -0.05) is 178 Å². The third-order valence-corrected chi connectivity index (χ3v) is 16.8. The van der Waals surface area contributed by atoms with Gasteiger partial charge in [-0.25, -0.2) is 4.90 Å². The molecule has 1 aliphatic heterocycles. The van der Waals surface area contributed by atoms with Gasteiger partial charge in [0.25, 0.3) is 11.8 Å². The molecular weight excluding hydrogens is 947 g/mol. The van der Waals surface area contributed by atoms with E-state index in [1.807, 2.05) is 78.9 Å².